The van der Waals surface area contributed by atoms with Gasteiger partial charge in [0.15, 0.2) is 0 Å². The van der Waals surface area contributed by atoms with Gasteiger partial charge in [-0.2, -0.15) is 0 Å². The molecule has 6 heteroatoms. The maximum absolute atomic E-state index is 13.0. The number of carbonyl (C=O) groups is 3. The molecule has 2 aromatic carbocycles. The monoisotopic (exact) mass is 421 g/mol. The van der Waals surface area contributed by atoms with Crippen molar-refractivity contribution in [2.24, 2.45) is 23.7 Å². The summed E-state index contributed by atoms with van der Waals surface area (Å²) >= 11 is 5.85. The third-order valence-electron chi connectivity index (χ3n) is 6.53. The second kappa shape index (κ2) is 7.10. The molecule has 3 aliphatic rings. The number of allylic oxidation sites excluding steroid dienone is 2. The molecule has 2 fully saturated rings. The molecule has 2 amide bonds. The smallest absolute Gasteiger partial charge is 0.338 e. The van der Waals surface area contributed by atoms with Gasteiger partial charge in [-0.05, 0) is 67.1 Å². The number of anilines is 1. The lowest BCUT2D eigenvalue weighted by molar-refractivity contribution is -0.123. The highest BCUT2D eigenvalue weighted by Crippen LogP contribution is 2.55. The zero-order valence-corrected chi connectivity index (χ0v) is 17.1. The summed E-state index contributed by atoms with van der Waals surface area (Å²) in [6, 6.07) is 13.5. The van der Waals surface area contributed by atoms with Crippen LogP contribution in [-0.4, -0.2) is 17.8 Å². The first-order chi connectivity index (χ1) is 14.4. The first kappa shape index (κ1) is 19.1. The molecule has 0 N–H and O–H groups in total. The number of hydrogen-bond acceptors (Lipinski definition) is 4. The molecule has 1 saturated carbocycles. The Morgan fingerprint density at radius 3 is 2.40 bits per heavy atom. The molecule has 2 bridgehead atoms. The van der Waals surface area contributed by atoms with Crippen molar-refractivity contribution in [1.29, 1.82) is 0 Å². The van der Waals surface area contributed by atoms with Crippen molar-refractivity contribution in [2.45, 2.75) is 20.0 Å². The minimum absolute atomic E-state index is 0.122. The molecule has 0 radical (unpaired) electrons. The molecule has 0 spiro atoms. The second-order valence-electron chi connectivity index (χ2n) is 8.23. The van der Waals surface area contributed by atoms with E-state index in [1.54, 1.807) is 48.5 Å². The Labute approximate surface area is 179 Å². The summed E-state index contributed by atoms with van der Waals surface area (Å²) in [7, 11) is 0. The third-order valence-corrected chi connectivity index (χ3v) is 6.78. The van der Waals surface area contributed by atoms with E-state index in [0.717, 1.165) is 12.0 Å². The van der Waals surface area contributed by atoms with Crippen LogP contribution in [0.4, 0.5) is 5.69 Å². The Morgan fingerprint density at radius 1 is 1.03 bits per heavy atom. The average molecular weight is 422 g/mol. The molecule has 1 saturated heterocycles. The molecule has 30 heavy (non-hydrogen) atoms. The van der Waals surface area contributed by atoms with E-state index in [1.165, 1.54) is 10.5 Å². The predicted octanol–water partition coefficient (Wildman–Crippen LogP) is 4.40. The number of benzene rings is 2. The van der Waals surface area contributed by atoms with Crippen LogP contribution in [0.1, 0.15) is 29.3 Å². The van der Waals surface area contributed by atoms with Crippen molar-refractivity contribution >= 4 is 35.1 Å². The minimum atomic E-state index is -0.467. The van der Waals surface area contributed by atoms with Gasteiger partial charge in [0.05, 0.1) is 23.1 Å². The zero-order chi connectivity index (χ0) is 21.0. The molecule has 2 aromatic rings. The third kappa shape index (κ3) is 2.96. The number of carbonyl (C=O) groups excluding carboxylic acids is 3. The van der Waals surface area contributed by atoms with Crippen LogP contribution < -0.4 is 4.90 Å². The molecule has 4 atom stereocenters. The van der Waals surface area contributed by atoms with E-state index in [0.29, 0.717) is 16.3 Å². The normalized spacial score (nSPS) is 26.7. The van der Waals surface area contributed by atoms with Crippen LogP contribution in [-0.2, 0) is 20.9 Å². The van der Waals surface area contributed by atoms with Gasteiger partial charge in [-0.3, -0.25) is 14.5 Å². The van der Waals surface area contributed by atoms with Crippen LogP contribution in [0.2, 0.25) is 5.02 Å². The molecule has 1 heterocycles. The summed E-state index contributed by atoms with van der Waals surface area (Å²) < 4.78 is 5.33. The molecular formula is C24H20ClNO4. The van der Waals surface area contributed by atoms with Gasteiger partial charge in [0.25, 0.3) is 0 Å². The topological polar surface area (TPSA) is 63.7 Å². The number of ether oxygens (including phenoxy) is 1. The summed E-state index contributed by atoms with van der Waals surface area (Å²) in [4.78, 5) is 39.6. The number of halogens is 1. The summed E-state index contributed by atoms with van der Waals surface area (Å²) in [6.45, 7) is 2.19. The highest BCUT2D eigenvalue weighted by Gasteiger charge is 2.60. The predicted molar refractivity (Wildman–Crippen MR) is 112 cm³/mol. The maximum atomic E-state index is 13.0. The van der Waals surface area contributed by atoms with Crippen LogP contribution in [0.15, 0.2) is 60.2 Å². The van der Waals surface area contributed by atoms with Crippen molar-refractivity contribution in [3.05, 3.63) is 76.3 Å². The highest BCUT2D eigenvalue weighted by atomic mass is 35.5. The molecule has 4 unspecified atom stereocenters. The zero-order valence-electron chi connectivity index (χ0n) is 16.4. The second-order valence-corrected chi connectivity index (χ2v) is 8.67. The Bertz CT molecular complexity index is 1070. The number of esters is 1. The van der Waals surface area contributed by atoms with Gasteiger partial charge >= 0.3 is 5.97 Å². The van der Waals surface area contributed by atoms with Crippen molar-refractivity contribution in [3.8, 4) is 0 Å². The quantitative estimate of drug-likeness (QED) is 0.417. The standard InChI is InChI=1S/C24H20ClNO4/c1-13-10-16-11-19(13)21-20(16)22(27)26(23(21)28)18-8-4-15(5-9-18)24(29)30-12-14-2-6-17(25)7-3-14/h2-10,16,19-21H,11-12H2,1H3. The number of fused-ring (bicyclic) bond motifs is 5. The van der Waals surface area contributed by atoms with Gasteiger partial charge in [-0.1, -0.05) is 35.4 Å². The van der Waals surface area contributed by atoms with E-state index >= 15 is 0 Å². The largest absolute Gasteiger partial charge is 0.457 e. The Morgan fingerprint density at radius 2 is 1.70 bits per heavy atom. The molecule has 2 aliphatic carbocycles. The number of hydrogen-bond donors (Lipinski definition) is 0. The maximum Gasteiger partial charge on any atom is 0.338 e. The molecule has 5 nitrogen and oxygen atoms in total. The summed E-state index contributed by atoms with van der Waals surface area (Å²) in [5, 5.41) is 0.620. The van der Waals surface area contributed by atoms with E-state index in [9.17, 15) is 14.4 Å². The molecular weight excluding hydrogens is 402 g/mol. The van der Waals surface area contributed by atoms with Gasteiger partial charge in [0.2, 0.25) is 11.8 Å². The fourth-order valence-corrected chi connectivity index (χ4v) is 5.21. The number of imide groups is 1. The fourth-order valence-electron chi connectivity index (χ4n) is 5.09. The van der Waals surface area contributed by atoms with E-state index < -0.39 is 5.97 Å². The first-order valence-electron chi connectivity index (χ1n) is 10.0. The van der Waals surface area contributed by atoms with Crippen LogP contribution >= 0.6 is 11.6 Å². The first-order valence-corrected chi connectivity index (χ1v) is 10.4. The van der Waals surface area contributed by atoms with Crippen LogP contribution in [0.25, 0.3) is 0 Å². The van der Waals surface area contributed by atoms with E-state index in [1.807, 2.05) is 6.92 Å². The Hall–Kier alpha value is -2.92. The minimum Gasteiger partial charge on any atom is -0.457 e. The lowest BCUT2D eigenvalue weighted by Gasteiger charge is -2.19. The van der Waals surface area contributed by atoms with Crippen LogP contribution in [0, 0.1) is 23.7 Å². The van der Waals surface area contributed by atoms with Gasteiger partial charge in [-0.25, -0.2) is 4.79 Å². The van der Waals surface area contributed by atoms with Crippen molar-refractivity contribution in [1.82, 2.24) is 0 Å². The summed E-state index contributed by atoms with van der Waals surface area (Å²) in [5.74, 6) is -0.841. The van der Waals surface area contributed by atoms with Gasteiger partial charge < -0.3 is 4.74 Å². The molecule has 152 valence electrons. The van der Waals surface area contributed by atoms with E-state index in [2.05, 4.69) is 6.08 Å². The van der Waals surface area contributed by atoms with Crippen molar-refractivity contribution < 1.29 is 19.1 Å². The summed E-state index contributed by atoms with van der Waals surface area (Å²) in [6.07, 6.45) is 3.06. The number of rotatable bonds is 4. The van der Waals surface area contributed by atoms with E-state index in [4.69, 9.17) is 16.3 Å². The van der Waals surface area contributed by atoms with Gasteiger partial charge in [0, 0.05) is 5.02 Å². The molecule has 1 aliphatic heterocycles. The van der Waals surface area contributed by atoms with Crippen LogP contribution in [0.3, 0.4) is 0 Å². The average Bonchev–Trinajstić information content (AvgIpc) is 3.38. The van der Waals surface area contributed by atoms with Crippen LogP contribution in [0.5, 0.6) is 0 Å². The highest BCUT2D eigenvalue weighted by molar-refractivity contribution is 6.30. The Kier molecular flexibility index (Phi) is 4.51. The van der Waals surface area contributed by atoms with Gasteiger partial charge in [0.1, 0.15) is 6.61 Å². The van der Waals surface area contributed by atoms with E-state index in [-0.39, 0.29) is 42.1 Å². The van der Waals surface area contributed by atoms with Gasteiger partial charge in [-0.15, -0.1) is 0 Å². The molecule has 5 rings (SSSR count). The van der Waals surface area contributed by atoms with Crippen molar-refractivity contribution in [3.63, 3.8) is 0 Å². The SMILES string of the molecule is CC1=CC2CC1C1C(=O)N(c3ccc(C(=O)OCc4ccc(Cl)cc4)cc3)C(=O)C21. The lowest BCUT2D eigenvalue weighted by atomic mass is 9.82. The molecule has 0 aromatic heterocycles. The fraction of sp³-hybridized carbons (Fsp3) is 0.292. The van der Waals surface area contributed by atoms with Crippen molar-refractivity contribution in [2.75, 3.05) is 4.90 Å². The summed E-state index contributed by atoms with van der Waals surface area (Å²) in [5.41, 5.74) is 2.93. The Balaban J connectivity index is 1.28. The number of nitrogens with zero attached hydrogens (tertiary/aromatic N) is 1. The number of amides is 2. The lowest BCUT2D eigenvalue weighted by Crippen LogP contribution is -2.32.